The first-order valence-corrected chi connectivity index (χ1v) is 6.46. The highest BCUT2D eigenvalue weighted by molar-refractivity contribution is 7.22. The third-order valence-corrected chi connectivity index (χ3v) is 3.47. The van der Waals surface area contributed by atoms with Crippen molar-refractivity contribution in [3.05, 3.63) is 24.3 Å². The van der Waals surface area contributed by atoms with E-state index in [1.54, 1.807) is 18.4 Å². The van der Waals surface area contributed by atoms with Crippen molar-refractivity contribution in [1.29, 1.82) is 0 Å². The summed E-state index contributed by atoms with van der Waals surface area (Å²) in [7, 11) is 1.70. The molecule has 1 heterocycles. The Labute approximate surface area is 105 Å². The van der Waals surface area contributed by atoms with E-state index in [4.69, 9.17) is 10.5 Å². The van der Waals surface area contributed by atoms with E-state index in [1.807, 2.05) is 18.2 Å². The smallest absolute Gasteiger partial charge is 0.184 e. The van der Waals surface area contributed by atoms with E-state index >= 15 is 0 Å². The number of nitrogens with one attached hydrogen (secondary N) is 1. The van der Waals surface area contributed by atoms with Crippen LogP contribution in [0.3, 0.4) is 0 Å². The Morgan fingerprint density at radius 3 is 3.00 bits per heavy atom. The molecule has 0 fully saturated rings. The van der Waals surface area contributed by atoms with Gasteiger partial charge in [0, 0.05) is 7.11 Å². The van der Waals surface area contributed by atoms with Gasteiger partial charge < -0.3 is 15.8 Å². The number of methoxy groups -OCH3 is 1. The second-order valence-corrected chi connectivity index (χ2v) is 4.89. The van der Waals surface area contributed by atoms with E-state index in [-0.39, 0.29) is 6.04 Å². The van der Waals surface area contributed by atoms with E-state index in [0.29, 0.717) is 13.2 Å². The Morgan fingerprint density at radius 2 is 2.29 bits per heavy atom. The average molecular weight is 251 g/mol. The lowest BCUT2D eigenvalue weighted by Gasteiger charge is -2.15. The summed E-state index contributed by atoms with van der Waals surface area (Å²) < 4.78 is 6.36. The molecular weight excluding hydrogens is 234 g/mol. The van der Waals surface area contributed by atoms with Crippen LogP contribution in [0.1, 0.15) is 6.42 Å². The minimum atomic E-state index is 0.227. The SMILES string of the molecule is COCC(CCN)Nc1nc2ccccc2s1. The summed E-state index contributed by atoms with van der Waals surface area (Å²) in [5, 5.41) is 4.30. The molecule has 0 saturated carbocycles. The number of para-hydroxylation sites is 1. The zero-order valence-electron chi connectivity index (χ0n) is 9.85. The molecule has 17 heavy (non-hydrogen) atoms. The fourth-order valence-electron chi connectivity index (χ4n) is 1.71. The average Bonchev–Trinajstić information content (AvgIpc) is 2.71. The summed E-state index contributed by atoms with van der Waals surface area (Å²) in [4.78, 5) is 4.53. The van der Waals surface area contributed by atoms with Gasteiger partial charge in [-0.25, -0.2) is 4.98 Å². The Morgan fingerprint density at radius 1 is 1.47 bits per heavy atom. The summed E-state index contributed by atoms with van der Waals surface area (Å²) >= 11 is 1.66. The summed E-state index contributed by atoms with van der Waals surface area (Å²) in [6.45, 7) is 1.29. The Bertz CT molecular complexity index is 432. The van der Waals surface area contributed by atoms with Crippen LogP contribution in [0.5, 0.6) is 0 Å². The Kier molecular flexibility index (Phi) is 4.30. The highest BCUT2D eigenvalue weighted by Gasteiger charge is 2.10. The standard InChI is InChI=1S/C12H17N3OS/c1-16-8-9(6-7-13)14-12-15-10-4-2-3-5-11(10)17-12/h2-5,9H,6-8,13H2,1H3,(H,14,15). The highest BCUT2D eigenvalue weighted by Crippen LogP contribution is 2.26. The fourth-order valence-corrected chi connectivity index (χ4v) is 2.65. The molecule has 0 bridgehead atoms. The van der Waals surface area contributed by atoms with Gasteiger partial charge >= 0.3 is 0 Å². The summed E-state index contributed by atoms with van der Waals surface area (Å²) in [5.74, 6) is 0. The van der Waals surface area contributed by atoms with Crippen molar-refractivity contribution in [1.82, 2.24) is 4.98 Å². The maximum atomic E-state index is 5.58. The molecule has 2 rings (SSSR count). The van der Waals surface area contributed by atoms with Gasteiger partial charge in [0.05, 0.1) is 22.9 Å². The number of anilines is 1. The van der Waals surface area contributed by atoms with Crippen LogP contribution in [0, 0.1) is 0 Å². The molecule has 0 aliphatic rings. The van der Waals surface area contributed by atoms with Gasteiger partial charge in [0.15, 0.2) is 5.13 Å². The first kappa shape index (κ1) is 12.3. The van der Waals surface area contributed by atoms with Crippen molar-refractivity contribution in [2.75, 3.05) is 25.6 Å². The lowest BCUT2D eigenvalue weighted by Crippen LogP contribution is -2.27. The van der Waals surface area contributed by atoms with E-state index in [1.165, 1.54) is 4.70 Å². The molecule has 0 spiro atoms. The number of benzene rings is 1. The van der Waals surface area contributed by atoms with Crippen molar-refractivity contribution in [2.45, 2.75) is 12.5 Å². The minimum absolute atomic E-state index is 0.227. The van der Waals surface area contributed by atoms with Gasteiger partial charge in [-0.15, -0.1) is 0 Å². The molecule has 3 N–H and O–H groups in total. The van der Waals surface area contributed by atoms with Crippen LogP contribution in [0.25, 0.3) is 10.2 Å². The molecule has 5 heteroatoms. The summed E-state index contributed by atoms with van der Waals surface area (Å²) in [5.41, 5.74) is 6.61. The number of nitrogens with zero attached hydrogens (tertiary/aromatic N) is 1. The van der Waals surface area contributed by atoms with Gasteiger partial charge in [0.2, 0.25) is 0 Å². The van der Waals surface area contributed by atoms with Crippen LogP contribution >= 0.6 is 11.3 Å². The lowest BCUT2D eigenvalue weighted by molar-refractivity contribution is 0.183. The third-order valence-electron chi connectivity index (χ3n) is 2.50. The quantitative estimate of drug-likeness (QED) is 0.825. The van der Waals surface area contributed by atoms with E-state index in [2.05, 4.69) is 16.4 Å². The van der Waals surface area contributed by atoms with Crippen molar-refractivity contribution >= 4 is 26.7 Å². The maximum Gasteiger partial charge on any atom is 0.184 e. The third kappa shape index (κ3) is 3.15. The molecule has 0 radical (unpaired) electrons. The lowest BCUT2D eigenvalue weighted by atomic mass is 10.2. The van der Waals surface area contributed by atoms with Crippen molar-refractivity contribution in [2.24, 2.45) is 5.73 Å². The van der Waals surface area contributed by atoms with Crippen molar-refractivity contribution in [3.8, 4) is 0 Å². The number of hydrogen-bond acceptors (Lipinski definition) is 5. The van der Waals surface area contributed by atoms with E-state index < -0.39 is 0 Å². The van der Waals surface area contributed by atoms with Crippen molar-refractivity contribution < 1.29 is 4.74 Å². The van der Waals surface area contributed by atoms with Gasteiger partial charge in [-0.3, -0.25) is 0 Å². The monoisotopic (exact) mass is 251 g/mol. The van der Waals surface area contributed by atoms with Gasteiger partial charge in [0.1, 0.15) is 0 Å². The Hall–Kier alpha value is -1.17. The van der Waals surface area contributed by atoms with Crippen LogP contribution in [0.4, 0.5) is 5.13 Å². The van der Waals surface area contributed by atoms with E-state index in [9.17, 15) is 0 Å². The van der Waals surface area contributed by atoms with Gasteiger partial charge in [-0.05, 0) is 25.1 Å². The van der Waals surface area contributed by atoms with Crippen molar-refractivity contribution in [3.63, 3.8) is 0 Å². The normalized spacial score (nSPS) is 12.8. The van der Waals surface area contributed by atoms with Crippen LogP contribution in [-0.2, 0) is 4.74 Å². The molecule has 0 aliphatic carbocycles. The molecule has 0 saturated heterocycles. The largest absolute Gasteiger partial charge is 0.383 e. The molecule has 1 aromatic heterocycles. The number of fused-ring (bicyclic) bond motifs is 1. The maximum absolute atomic E-state index is 5.58. The topological polar surface area (TPSA) is 60.2 Å². The number of aromatic nitrogens is 1. The number of rotatable bonds is 6. The first-order chi connectivity index (χ1) is 8.33. The second-order valence-electron chi connectivity index (χ2n) is 3.86. The van der Waals surface area contributed by atoms with Crippen LogP contribution in [-0.4, -0.2) is 31.3 Å². The molecule has 0 aliphatic heterocycles. The van der Waals surface area contributed by atoms with Gasteiger partial charge in [-0.2, -0.15) is 0 Å². The van der Waals surface area contributed by atoms with E-state index in [0.717, 1.165) is 17.1 Å². The summed E-state index contributed by atoms with van der Waals surface area (Å²) in [6.07, 6.45) is 0.879. The minimum Gasteiger partial charge on any atom is -0.383 e. The molecule has 0 amide bonds. The molecule has 92 valence electrons. The first-order valence-electron chi connectivity index (χ1n) is 5.64. The predicted octanol–water partition coefficient (Wildman–Crippen LogP) is 2.07. The molecule has 1 atom stereocenters. The zero-order valence-corrected chi connectivity index (χ0v) is 10.7. The molecular formula is C12H17N3OS. The van der Waals surface area contributed by atoms with Crippen LogP contribution in [0.15, 0.2) is 24.3 Å². The molecule has 4 nitrogen and oxygen atoms in total. The molecule has 1 aromatic carbocycles. The number of hydrogen-bond donors (Lipinski definition) is 2. The molecule has 1 unspecified atom stereocenters. The fraction of sp³-hybridized carbons (Fsp3) is 0.417. The number of nitrogens with two attached hydrogens (primary N) is 1. The second kappa shape index (κ2) is 5.95. The van der Waals surface area contributed by atoms with Gasteiger partial charge in [-0.1, -0.05) is 23.5 Å². The van der Waals surface area contributed by atoms with Crippen LogP contribution in [0.2, 0.25) is 0 Å². The van der Waals surface area contributed by atoms with Gasteiger partial charge in [0.25, 0.3) is 0 Å². The number of ether oxygens (including phenoxy) is 1. The summed E-state index contributed by atoms with van der Waals surface area (Å²) in [6, 6.07) is 8.35. The van der Waals surface area contributed by atoms with Crippen LogP contribution < -0.4 is 11.1 Å². The Balaban J connectivity index is 2.10. The molecule has 2 aromatic rings. The predicted molar refractivity (Wildman–Crippen MR) is 72.6 cm³/mol. The zero-order chi connectivity index (χ0) is 12.1. The number of thiazole rings is 1. The highest BCUT2D eigenvalue weighted by atomic mass is 32.1.